The van der Waals surface area contributed by atoms with Gasteiger partial charge in [0.25, 0.3) is 0 Å². The molecule has 102 valence electrons. The van der Waals surface area contributed by atoms with Gasteiger partial charge in [-0.15, -0.1) is 0 Å². The van der Waals surface area contributed by atoms with E-state index in [1.54, 1.807) is 0 Å². The zero-order chi connectivity index (χ0) is 13.1. The smallest absolute Gasteiger partial charge is 0.306 e. The fourth-order valence-electron chi connectivity index (χ4n) is 2.37. The summed E-state index contributed by atoms with van der Waals surface area (Å²) in [5, 5.41) is 9.24. The van der Waals surface area contributed by atoms with Crippen molar-refractivity contribution >= 4 is 5.97 Å². The van der Waals surface area contributed by atoms with Crippen molar-refractivity contribution in [2.75, 3.05) is 0 Å². The van der Waals surface area contributed by atoms with Crippen molar-refractivity contribution in [2.24, 2.45) is 11.8 Å². The van der Waals surface area contributed by atoms with E-state index in [-0.39, 0.29) is 5.92 Å². The predicted molar refractivity (Wildman–Crippen MR) is 73.2 cm³/mol. The zero-order valence-electron chi connectivity index (χ0n) is 11.9. The van der Waals surface area contributed by atoms with Crippen molar-refractivity contribution in [3.63, 3.8) is 0 Å². The Hall–Kier alpha value is -0.530. The summed E-state index contributed by atoms with van der Waals surface area (Å²) in [6, 6.07) is 0. The van der Waals surface area contributed by atoms with Crippen LogP contribution in [0.2, 0.25) is 0 Å². The fraction of sp³-hybridized carbons (Fsp3) is 0.933. The molecule has 0 fully saturated rings. The molecule has 0 saturated heterocycles. The maximum absolute atomic E-state index is 11.2. The van der Waals surface area contributed by atoms with E-state index >= 15 is 0 Å². The average Bonchev–Trinajstić information content (AvgIpc) is 2.32. The number of aliphatic carboxylic acids is 1. The Balaban J connectivity index is 4.06. The van der Waals surface area contributed by atoms with Gasteiger partial charge in [0.2, 0.25) is 0 Å². The van der Waals surface area contributed by atoms with Crippen LogP contribution in [0.4, 0.5) is 0 Å². The van der Waals surface area contributed by atoms with E-state index in [9.17, 15) is 9.90 Å². The third kappa shape index (κ3) is 8.23. The van der Waals surface area contributed by atoms with Gasteiger partial charge in [-0.25, -0.2) is 0 Å². The van der Waals surface area contributed by atoms with Gasteiger partial charge in [0.05, 0.1) is 5.92 Å². The second-order valence-corrected chi connectivity index (χ2v) is 5.18. The van der Waals surface area contributed by atoms with Gasteiger partial charge in [-0.3, -0.25) is 4.79 Å². The molecule has 0 amide bonds. The van der Waals surface area contributed by atoms with Crippen LogP contribution >= 0.6 is 0 Å². The van der Waals surface area contributed by atoms with Crippen LogP contribution in [0.1, 0.15) is 78.6 Å². The molecule has 0 bridgehead atoms. The minimum absolute atomic E-state index is 0.108. The molecule has 0 heterocycles. The van der Waals surface area contributed by atoms with Crippen LogP contribution in [-0.2, 0) is 4.79 Å². The topological polar surface area (TPSA) is 37.3 Å². The normalized spacial score (nSPS) is 14.5. The highest BCUT2D eigenvalue weighted by Crippen LogP contribution is 2.25. The molecule has 0 radical (unpaired) electrons. The highest BCUT2D eigenvalue weighted by Gasteiger charge is 2.20. The summed E-state index contributed by atoms with van der Waals surface area (Å²) in [7, 11) is 0. The van der Waals surface area contributed by atoms with E-state index in [4.69, 9.17) is 0 Å². The number of rotatable bonds is 11. The maximum atomic E-state index is 11.2. The lowest BCUT2D eigenvalue weighted by Gasteiger charge is -2.19. The molecule has 0 aliphatic rings. The fourth-order valence-corrected chi connectivity index (χ4v) is 2.37. The van der Waals surface area contributed by atoms with Crippen LogP contribution in [0.25, 0.3) is 0 Å². The molecular weight excluding hydrogens is 212 g/mol. The van der Waals surface area contributed by atoms with E-state index in [0.29, 0.717) is 5.92 Å². The van der Waals surface area contributed by atoms with Gasteiger partial charge >= 0.3 is 5.97 Å². The summed E-state index contributed by atoms with van der Waals surface area (Å²) in [6.07, 6.45) is 9.92. The van der Waals surface area contributed by atoms with Crippen LogP contribution in [0.15, 0.2) is 0 Å². The van der Waals surface area contributed by atoms with Gasteiger partial charge in [0, 0.05) is 0 Å². The monoisotopic (exact) mass is 242 g/mol. The summed E-state index contributed by atoms with van der Waals surface area (Å²) in [5.41, 5.74) is 0. The largest absolute Gasteiger partial charge is 0.481 e. The molecule has 17 heavy (non-hydrogen) atoms. The van der Waals surface area contributed by atoms with E-state index in [0.717, 1.165) is 32.1 Å². The molecule has 0 aliphatic heterocycles. The van der Waals surface area contributed by atoms with Gasteiger partial charge < -0.3 is 5.11 Å². The SMILES string of the molecule is CCCCCC(CC(CC)CCCC)C(=O)O. The number of carboxylic acids is 1. The molecule has 0 saturated carbocycles. The number of carboxylic acid groups (broad SMARTS) is 1. The second kappa shape index (κ2) is 10.6. The molecule has 2 atom stereocenters. The van der Waals surface area contributed by atoms with Crippen molar-refractivity contribution in [1.82, 2.24) is 0 Å². The van der Waals surface area contributed by atoms with Gasteiger partial charge in [0.1, 0.15) is 0 Å². The number of carbonyl (C=O) groups is 1. The standard InChI is InChI=1S/C15H30O2/c1-4-7-9-11-14(15(16)17)12-13(6-3)10-8-5-2/h13-14H,4-12H2,1-3H3,(H,16,17). The molecule has 2 unspecified atom stereocenters. The number of unbranched alkanes of at least 4 members (excludes halogenated alkanes) is 3. The lowest BCUT2D eigenvalue weighted by molar-refractivity contribution is -0.142. The first kappa shape index (κ1) is 16.5. The van der Waals surface area contributed by atoms with Crippen LogP contribution < -0.4 is 0 Å². The molecule has 0 spiro atoms. The van der Waals surface area contributed by atoms with Crippen LogP contribution in [0.3, 0.4) is 0 Å². The van der Waals surface area contributed by atoms with Crippen molar-refractivity contribution in [2.45, 2.75) is 78.6 Å². The first-order chi connectivity index (χ1) is 8.15. The number of hydrogen-bond acceptors (Lipinski definition) is 1. The summed E-state index contributed by atoms with van der Waals surface area (Å²) in [4.78, 5) is 11.2. The summed E-state index contributed by atoms with van der Waals surface area (Å²) < 4.78 is 0. The van der Waals surface area contributed by atoms with Gasteiger partial charge in [-0.1, -0.05) is 65.7 Å². The third-order valence-electron chi connectivity index (χ3n) is 3.67. The van der Waals surface area contributed by atoms with E-state index in [1.165, 1.54) is 25.7 Å². The van der Waals surface area contributed by atoms with Crippen molar-refractivity contribution in [3.8, 4) is 0 Å². The Morgan fingerprint density at radius 2 is 1.65 bits per heavy atom. The van der Waals surface area contributed by atoms with E-state index in [1.807, 2.05) is 0 Å². The molecular formula is C15H30O2. The van der Waals surface area contributed by atoms with Crippen LogP contribution in [-0.4, -0.2) is 11.1 Å². The highest BCUT2D eigenvalue weighted by atomic mass is 16.4. The molecule has 0 rings (SSSR count). The lowest BCUT2D eigenvalue weighted by atomic mass is 9.86. The summed E-state index contributed by atoms with van der Waals surface area (Å²) >= 11 is 0. The van der Waals surface area contributed by atoms with Crippen LogP contribution in [0, 0.1) is 11.8 Å². The Kier molecular flexibility index (Phi) is 10.3. The zero-order valence-corrected chi connectivity index (χ0v) is 11.9. The molecule has 0 aromatic carbocycles. The highest BCUT2D eigenvalue weighted by molar-refractivity contribution is 5.69. The van der Waals surface area contributed by atoms with Crippen molar-refractivity contribution < 1.29 is 9.90 Å². The quantitative estimate of drug-likeness (QED) is 0.525. The first-order valence-corrected chi connectivity index (χ1v) is 7.38. The molecule has 1 N–H and O–H groups in total. The molecule has 0 aromatic rings. The second-order valence-electron chi connectivity index (χ2n) is 5.18. The van der Waals surface area contributed by atoms with Crippen molar-refractivity contribution in [3.05, 3.63) is 0 Å². The first-order valence-electron chi connectivity index (χ1n) is 7.38. The molecule has 0 aromatic heterocycles. The average molecular weight is 242 g/mol. The Labute approximate surface area is 107 Å². The van der Waals surface area contributed by atoms with Crippen molar-refractivity contribution in [1.29, 1.82) is 0 Å². The Morgan fingerprint density at radius 3 is 2.12 bits per heavy atom. The summed E-state index contributed by atoms with van der Waals surface area (Å²) in [6.45, 7) is 6.54. The van der Waals surface area contributed by atoms with Gasteiger partial charge in [-0.2, -0.15) is 0 Å². The molecule has 0 aliphatic carbocycles. The maximum Gasteiger partial charge on any atom is 0.306 e. The number of hydrogen-bond donors (Lipinski definition) is 1. The summed E-state index contributed by atoms with van der Waals surface area (Å²) in [5.74, 6) is -0.0860. The molecule has 2 heteroatoms. The Bertz CT molecular complexity index is 189. The van der Waals surface area contributed by atoms with E-state index < -0.39 is 5.97 Å². The minimum atomic E-state index is -0.587. The lowest BCUT2D eigenvalue weighted by Crippen LogP contribution is -2.18. The minimum Gasteiger partial charge on any atom is -0.481 e. The van der Waals surface area contributed by atoms with Crippen LogP contribution in [0.5, 0.6) is 0 Å². The third-order valence-corrected chi connectivity index (χ3v) is 3.67. The van der Waals surface area contributed by atoms with E-state index in [2.05, 4.69) is 20.8 Å². The Morgan fingerprint density at radius 1 is 1.00 bits per heavy atom. The van der Waals surface area contributed by atoms with Gasteiger partial charge in [-0.05, 0) is 18.8 Å². The predicted octanol–water partition coefficient (Wildman–Crippen LogP) is 4.87. The van der Waals surface area contributed by atoms with Gasteiger partial charge in [0.15, 0.2) is 0 Å². The molecule has 2 nitrogen and oxygen atoms in total.